The van der Waals surface area contributed by atoms with Crippen LogP contribution in [0.4, 0.5) is 13.2 Å². The van der Waals surface area contributed by atoms with E-state index in [1.165, 1.54) is 12.1 Å². The fourth-order valence-corrected chi connectivity index (χ4v) is 2.25. The monoisotopic (exact) mass is 302 g/mol. The van der Waals surface area contributed by atoms with Crippen LogP contribution in [0.5, 0.6) is 5.75 Å². The maximum atomic E-state index is 12.0. The fourth-order valence-electron chi connectivity index (χ4n) is 2.25. The minimum atomic E-state index is -4.74. The van der Waals surface area contributed by atoms with Gasteiger partial charge in [-0.05, 0) is 30.7 Å². The van der Waals surface area contributed by atoms with E-state index in [0.717, 1.165) is 12.1 Å². The predicted molar refractivity (Wildman–Crippen MR) is 70.8 cm³/mol. The first-order chi connectivity index (χ1) is 9.59. The maximum Gasteiger partial charge on any atom is 0.573 e. The Balaban J connectivity index is 1.98. The molecule has 0 heterocycles. The molecule has 1 saturated carbocycles. The Hall–Kier alpha value is -1.76. The number of benzene rings is 1. The molecule has 2 atom stereocenters. The summed E-state index contributed by atoms with van der Waals surface area (Å²) in [5, 5.41) is 2.84. The molecule has 0 aromatic heterocycles. The van der Waals surface area contributed by atoms with Crippen LogP contribution in [0.15, 0.2) is 24.3 Å². The third kappa shape index (κ3) is 3.47. The van der Waals surface area contributed by atoms with Crippen molar-refractivity contribution in [1.29, 1.82) is 0 Å². The molecule has 7 heteroatoms. The highest BCUT2D eigenvalue weighted by molar-refractivity contribution is 5.94. The van der Waals surface area contributed by atoms with Crippen molar-refractivity contribution in [1.82, 2.24) is 5.32 Å². The SMILES string of the molecule is CC1(C)C(N)CC1NC(=O)c1ccc(OC(F)(F)F)cc1. The van der Waals surface area contributed by atoms with E-state index in [1.54, 1.807) is 0 Å². The molecule has 1 fully saturated rings. The van der Waals surface area contributed by atoms with Crippen molar-refractivity contribution in [2.45, 2.75) is 38.7 Å². The van der Waals surface area contributed by atoms with E-state index in [9.17, 15) is 18.0 Å². The molecule has 2 rings (SSSR count). The number of halogens is 3. The largest absolute Gasteiger partial charge is 0.573 e. The smallest absolute Gasteiger partial charge is 0.406 e. The Kier molecular flexibility index (Phi) is 3.88. The van der Waals surface area contributed by atoms with E-state index in [-0.39, 0.29) is 34.7 Å². The second-order valence-electron chi connectivity index (χ2n) is 5.76. The fraction of sp³-hybridized carbons (Fsp3) is 0.500. The van der Waals surface area contributed by atoms with Gasteiger partial charge in [0.05, 0.1) is 0 Å². The third-order valence-corrected chi connectivity index (χ3v) is 4.00. The summed E-state index contributed by atoms with van der Waals surface area (Å²) in [4.78, 5) is 12.0. The van der Waals surface area contributed by atoms with Crippen molar-refractivity contribution in [2.75, 3.05) is 0 Å². The van der Waals surface area contributed by atoms with Gasteiger partial charge in [0.15, 0.2) is 0 Å². The summed E-state index contributed by atoms with van der Waals surface area (Å²) in [7, 11) is 0. The zero-order valence-electron chi connectivity index (χ0n) is 11.7. The van der Waals surface area contributed by atoms with Gasteiger partial charge < -0.3 is 15.8 Å². The summed E-state index contributed by atoms with van der Waals surface area (Å²) < 4.78 is 39.9. The van der Waals surface area contributed by atoms with Gasteiger partial charge in [-0.15, -0.1) is 13.2 Å². The molecule has 1 aliphatic carbocycles. The maximum absolute atomic E-state index is 12.0. The predicted octanol–water partition coefficient (Wildman–Crippen LogP) is 2.44. The Bertz CT molecular complexity index is 526. The highest BCUT2D eigenvalue weighted by Gasteiger charge is 2.46. The van der Waals surface area contributed by atoms with Gasteiger partial charge in [0.2, 0.25) is 0 Å². The Morgan fingerprint density at radius 1 is 1.33 bits per heavy atom. The van der Waals surface area contributed by atoms with Crippen LogP contribution in [0.25, 0.3) is 0 Å². The Labute approximate surface area is 120 Å². The van der Waals surface area contributed by atoms with Crippen molar-refractivity contribution < 1.29 is 22.7 Å². The number of nitrogens with two attached hydrogens (primary N) is 1. The highest BCUT2D eigenvalue weighted by Crippen LogP contribution is 2.39. The lowest BCUT2D eigenvalue weighted by Gasteiger charge is -2.50. The summed E-state index contributed by atoms with van der Waals surface area (Å²) >= 11 is 0. The number of alkyl halides is 3. The van der Waals surface area contributed by atoms with Crippen LogP contribution >= 0.6 is 0 Å². The van der Waals surface area contributed by atoms with E-state index in [0.29, 0.717) is 6.42 Å². The topological polar surface area (TPSA) is 64.3 Å². The number of nitrogens with one attached hydrogen (secondary N) is 1. The average Bonchev–Trinajstić information content (AvgIpc) is 2.37. The number of amides is 1. The van der Waals surface area contributed by atoms with Gasteiger partial charge in [-0.3, -0.25) is 4.79 Å². The number of ether oxygens (including phenoxy) is 1. The van der Waals surface area contributed by atoms with Crippen LogP contribution in [-0.4, -0.2) is 24.4 Å². The molecule has 0 aliphatic heterocycles. The van der Waals surface area contributed by atoms with E-state index in [1.807, 2.05) is 13.8 Å². The van der Waals surface area contributed by atoms with Crippen LogP contribution in [0.1, 0.15) is 30.6 Å². The molecule has 21 heavy (non-hydrogen) atoms. The normalized spacial score (nSPS) is 24.1. The molecule has 1 amide bonds. The van der Waals surface area contributed by atoms with Crippen molar-refractivity contribution in [2.24, 2.45) is 11.1 Å². The van der Waals surface area contributed by atoms with E-state index in [2.05, 4.69) is 10.1 Å². The molecule has 116 valence electrons. The van der Waals surface area contributed by atoms with Gasteiger partial charge in [-0.25, -0.2) is 0 Å². The van der Waals surface area contributed by atoms with E-state index in [4.69, 9.17) is 5.73 Å². The Morgan fingerprint density at radius 3 is 2.33 bits per heavy atom. The molecule has 1 aromatic carbocycles. The first-order valence-corrected chi connectivity index (χ1v) is 6.52. The number of carbonyl (C=O) groups excluding carboxylic acids is 1. The molecule has 0 bridgehead atoms. The lowest BCUT2D eigenvalue weighted by molar-refractivity contribution is -0.274. The minimum absolute atomic E-state index is 0.0327. The summed E-state index contributed by atoms with van der Waals surface area (Å²) in [6.07, 6.45) is -4.05. The van der Waals surface area contributed by atoms with Gasteiger partial charge in [-0.1, -0.05) is 13.8 Å². The number of rotatable bonds is 3. The third-order valence-electron chi connectivity index (χ3n) is 4.00. The molecule has 0 radical (unpaired) electrons. The summed E-state index contributed by atoms with van der Waals surface area (Å²) in [6, 6.07) is 4.81. The molecule has 0 spiro atoms. The molecule has 1 aromatic rings. The van der Waals surface area contributed by atoms with Gasteiger partial charge in [0.25, 0.3) is 5.91 Å². The minimum Gasteiger partial charge on any atom is -0.406 e. The highest BCUT2D eigenvalue weighted by atomic mass is 19.4. The Morgan fingerprint density at radius 2 is 1.90 bits per heavy atom. The van der Waals surface area contributed by atoms with Gasteiger partial charge in [0.1, 0.15) is 5.75 Å². The molecule has 3 N–H and O–H groups in total. The summed E-state index contributed by atoms with van der Waals surface area (Å²) in [6.45, 7) is 3.93. The van der Waals surface area contributed by atoms with Crippen LogP contribution in [-0.2, 0) is 0 Å². The molecular formula is C14H17F3N2O2. The zero-order chi connectivity index (χ0) is 15.8. The van der Waals surface area contributed by atoms with Gasteiger partial charge in [0, 0.05) is 23.1 Å². The van der Waals surface area contributed by atoms with Crippen LogP contribution in [0.2, 0.25) is 0 Å². The summed E-state index contributed by atoms with van der Waals surface area (Å²) in [5.74, 6) is -0.691. The van der Waals surface area contributed by atoms with E-state index < -0.39 is 6.36 Å². The second kappa shape index (κ2) is 5.22. The second-order valence-corrected chi connectivity index (χ2v) is 5.76. The van der Waals surface area contributed by atoms with Crippen molar-refractivity contribution in [3.8, 4) is 5.75 Å². The molecule has 2 unspecified atom stereocenters. The van der Waals surface area contributed by atoms with Crippen LogP contribution in [0.3, 0.4) is 0 Å². The van der Waals surface area contributed by atoms with E-state index >= 15 is 0 Å². The van der Waals surface area contributed by atoms with Crippen molar-refractivity contribution >= 4 is 5.91 Å². The van der Waals surface area contributed by atoms with Crippen molar-refractivity contribution in [3.63, 3.8) is 0 Å². The average molecular weight is 302 g/mol. The lowest BCUT2D eigenvalue weighted by Crippen LogP contribution is -2.64. The van der Waals surface area contributed by atoms with Gasteiger partial charge >= 0.3 is 6.36 Å². The quantitative estimate of drug-likeness (QED) is 0.901. The lowest BCUT2D eigenvalue weighted by atomic mass is 9.63. The number of carbonyl (C=O) groups is 1. The van der Waals surface area contributed by atoms with Crippen LogP contribution < -0.4 is 15.8 Å². The zero-order valence-corrected chi connectivity index (χ0v) is 11.7. The van der Waals surface area contributed by atoms with Crippen LogP contribution in [0, 0.1) is 5.41 Å². The van der Waals surface area contributed by atoms with Gasteiger partial charge in [-0.2, -0.15) is 0 Å². The molecule has 4 nitrogen and oxygen atoms in total. The number of hydrogen-bond acceptors (Lipinski definition) is 3. The number of hydrogen-bond donors (Lipinski definition) is 2. The summed E-state index contributed by atoms with van der Waals surface area (Å²) in [5.41, 5.74) is 5.96. The standard InChI is InChI=1S/C14H17F3N2O2/c1-13(2)10(18)7-11(13)19-12(20)8-3-5-9(6-4-8)21-14(15,16)17/h3-6,10-11H,7,18H2,1-2H3,(H,19,20). The molecule has 1 aliphatic rings. The first-order valence-electron chi connectivity index (χ1n) is 6.52. The molecular weight excluding hydrogens is 285 g/mol. The molecule has 0 saturated heterocycles. The first kappa shape index (κ1) is 15.6. The van der Waals surface area contributed by atoms with Crippen molar-refractivity contribution in [3.05, 3.63) is 29.8 Å².